The number of rotatable bonds is 0. The van der Waals surface area contributed by atoms with Gasteiger partial charge in [0, 0.05) is 18.5 Å². The van der Waals surface area contributed by atoms with Gasteiger partial charge in [0.25, 0.3) is 0 Å². The predicted octanol–water partition coefficient (Wildman–Crippen LogP) is 2.74. The molecule has 0 bridgehead atoms. The van der Waals surface area contributed by atoms with Gasteiger partial charge in [-0.15, -0.1) is 0 Å². The molecule has 4 heteroatoms. The van der Waals surface area contributed by atoms with Crippen LogP contribution < -0.4 is 0 Å². The highest BCUT2D eigenvalue weighted by atomic mass is 35.5. The quantitative estimate of drug-likeness (QED) is 0.650. The van der Waals surface area contributed by atoms with E-state index >= 15 is 0 Å². The number of hydrogen-bond acceptors (Lipinski definition) is 2. The van der Waals surface area contributed by atoms with Gasteiger partial charge in [-0.1, -0.05) is 23.2 Å². The Morgan fingerprint density at radius 3 is 2.75 bits per heavy atom. The fourth-order valence-electron chi connectivity index (χ4n) is 0.933. The van der Waals surface area contributed by atoms with Crippen LogP contribution in [0.15, 0.2) is 18.5 Å². The fourth-order valence-corrected chi connectivity index (χ4v) is 1.43. The molecule has 0 amide bonds. The van der Waals surface area contributed by atoms with Gasteiger partial charge in [-0.25, -0.2) is 0 Å². The van der Waals surface area contributed by atoms with Gasteiger partial charge in [0.05, 0.1) is 15.6 Å². The minimum atomic E-state index is 0.452. The molecule has 0 aliphatic heterocycles. The topological polar surface area (TPSA) is 25.8 Å². The van der Waals surface area contributed by atoms with E-state index in [9.17, 15) is 0 Å². The molecule has 1 heterocycles. The number of benzene rings is 1. The number of hydrogen-bond donors (Lipinski definition) is 0. The second-order valence-electron chi connectivity index (χ2n) is 2.22. The molecule has 0 aliphatic carbocycles. The van der Waals surface area contributed by atoms with Crippen molar-refractivity contribution in [2.24, 2.45) is 0 Å². The van der Waals surface area contributed by atoms with Gasteiger partial charge in [0.1, 0.15) is 5.52 Å². The highest BCUT2D eigenvalue weighted by Gasteiger charge is 2.02. The molecule has 0 unspecified atom stereocenters. The largest absolute Gasteiger partial charge is 0.252 e. The van der Waals surface area contributed by atoms with Crippen LogP contribution in [-0.4, -0.2) is 9.97 Å². The molecular weight excluding hydrogens is 195 g/mol. The normalized spacial score (nSPS) is 10.5. The summed E-state index contributed by atoms with van der Waals surface area (Å²) in [5.74, 6) is 0. The molecule has 1 radical (unpaired) electrons. The van der Waals surface area contributed by atoms with Crippen LogP contribution in [0.4, 0.5) is 0 Å². The Bertz CT molecular complexity index is 428. The zero-order chi connectivity index (χ0) is 8.55. The SMILES string of the molecule is Clc1[c]c2nccnc2c(Cl)c1. The molecule has 0 aliphatic rings. The van der Waals surface area contributed by atoms with E-state index in [4.69, 9.17) is 23.2 Å². The lowest BCUT2D eigenvalue weighted by atomic mass is 10.3. The highest BCUT2D eigenvalue weighted by Crippen LogP contribution is 2.23. The minimum Gasteiger partial charge on any atom is -0.252 e. The molecule has 0 atom stereocenters. The third-order valence-electron chi connectivity index (χ3n) is 1.42. The second kappa shape index (κ2) is 2.88. The van der Waals surface area contributed by atoms with Crippen LogP contribution in [0.2, 0.25) is 10.0 Å². The summed E-state index contributed by atoms with van der Waals surface area (Å²) in [6, 6.07) is 4.44. The first-order valence-corrected chi connectivity index (χ1v) is 4.01. The van der Waals surface area contributed by atoms with E-state index in [0.29, 0.717) is 21.1 Å². The van der Waals surface area contributed by atoms with Gasteiger partial charge in [-0.3, -0.25) is 9.97 Å². The molecule has 0 spiro atoms. The first-order chi connectivity index (χ1) is 5.77. The second-order valence-corrected chi connectivity index (χ2v) is 3.03. The number of halogens is 2. The van der Waals surface area contributed by atoms with Crippen LogP contribution in [0, 0.1) is 6.07 Å². The predicted molar refractivity (Wildman–Crippen MR) is 48.4 cm³/mol. The summed E-state index contributed by atoms with van der Waals surface area (Å²) < 4.78 is 0. The van der Waals surface area contributed by atoms with Gasteiger partial charge < -0.3 is 0 Å². The van der Waals surface area contributed by atoms with Crippen molar-refractivity contribution in [3.8, 4) is 0 Å². The molecule has 2 rings (SSSR count). The average Bonchev–Trinajstić information content (AvgIpc) is 2.04. The van der Waals surface area contributed by atoms with Gasteiger partial charge in [-0.05, 0) is 6.07 Å². The number of fused-ring (bicyclic) bond motifs is 1. The Morgan fingerprint density at radius 2 is 1.92 bits per heavy atom. The molecule has 1 aromatic carbocycles. The van der Waals surface area contributed by atoms with Crippen LogP contribution in [0.5, 0.6) is 0 Å². The van der Waals surface area contributed by atoms with Crippen molar-refractivity contribution >= 4 is 34.2 Å². The lowest BCUT2D eigenvalue weighted by molar-refractivity contribution is 1.29. The van der Waals surface area contributed by atoms with E-state index in [2.05, 4.69) is 16.0 Å². The molecule has 1 aromatic heterocycles. The highest BCUT2D eigenvalue weighted by molar-refractivity contribution is 6.37. The van der Waals surface area contributed by atoms with Gasteiger partial charge in [-0.2, -0.15) is 0 Å². The maximum Gasteiger partial charge on any atom is 0.108 e. The Labute approximate surface area is 79.2 Å². The monoisotopic (exact) mass is 197 g/mol. The lowest BCUT2D eigenvalue weighted by Crippen LogP contribution is -1.83. The molecule has 0 saturated carbocycles. The summed E-state index contributed by atoms with van der Waals surface area (Å²) in [5, 5.41) is 0.954. The van der Waals surface area contributed by atoms with Crippen molar-refractivity contribution in [1.29, 1.82) is 0 Å². The zero-order valence-corrected chi connectivity index (χ0v) is 7.39. The zero-order valence-electron chi connectivity index (χ0n) is 5.88. The van der Waals surface area contributed by atoms with Gasteiger partial charge in [0.2, 0.25) is 0 Å². The van der Waals surface area contributed by atoms with Crippen molar-refractivity contribution in [3.05, 3.63) is 34.6 Å². The Balaban J connectivity index is 2.89. The van der Waals surface area contributed by atoms with Crippen LogP contribution in [-0.2, 0) is 0 Å². The van der Waals surface area contributed by atoms with E-state index in [-0.39, 0.29) is 0 Å². The van der Waals surface area contributed by atoms with E-state index in [1.807, 2.05) is 0 Å². The first-order valence-electron chi connectivity index (χ1n) is 3.25. The maximum atomic E-state index is 5.86. The minimum absolute atomic E-state index is 0.452. The standard InChI is InChI=1S/C8H3Cl2N2/c9-5-3-6(10)8-7(4-5)11-1-2-12-8/h1-3H. The van der Waals surface area contributed by atoms with Crippen molar-refractivity contribution < 1.29 is 0 Å². The maximum absolute atomic E-state index is 5.86. The molecule has 0 fully saturated rings. The van der Waals surface area contributed by atoms with Crippen molar-refractivity contribution in [3.63, 3.8) is 0 Å². The molecule has 2 nitrogen and oxygen atoms in total. The van der Waals surface area contributed by atoms with Gasteiger partial charge in [0.15, 0.2) is 0 Å². The van der Waals surface area contributed by atoms with E-state index < -0.39 is 0 Å². The number of aromatic nitrogens is 2. The Hall–Kier alpha value is -0.860. The van der Waals surface area contributed by atoms with Crippen molar-refractivity contribution in [1.82, 2.24) is 9.97 Å². The summed E-state index contributed by atoms with van der Waals surface area (Å²) in [4.78, 5) is 8.05. The van der Waals surface area contributed by atoms with Crippen LogP contribution in [0.1, 0.15) is 0 Å². The van der Waals surface area contributed by atoms with Crippen molar-refractivity contribution in [2.75, 3.05) is 0 Å². The molecular formula is C8H3Cl2N2. The van der Waals surface area contributed by atoms with Crippen LogP contribution in [0.3, 0.4) is 0 Å². The summed E-state index contributed by atoms with van der Waals surface area (Å²) in [5.41, 5.74) is 1.22. The molecule has 59 valence electrons. The summed E-state index contributed by atoms with van der Waals surface area (Å²) in [6.45, 7) is 0. The van der Waals surface area contributed by atoms with Crippen LogP contribution >= 0.6 is 23.2 Å². The number of nitrogens with zero attached hydrogens (tertiary/aromatic N) is 2. The van der Waals surface area contributed by atoms with E-state index in [1.54, 1.807) is 18.5 Å². The van der Waals surface area contributed by atoms with E-state index in [0.717, 1.165) is 0 Å². The Kier molecular flexibility index (Phi) is 1.87. The molecule has 0 saturated heterocycles. The van der Waals surface area contributed by atoms with Crippen LogP contribution in [0.25, 0.3) is 11.0 Å². The van der Waals surface area contributed by atoms with Crippen molar-refractivity contribution in [2.45, 2.75) is 0 Å². The molecule has 12 heavy (non-hydrogen) atoms. The third-order valence-corrected chi connectivity index (χ3v) is 1.91. The smallest absolute Gasteiger partial charge is 0.108 e. The molecule has 2 aromatic rings. The van der Waals surface area contributed by atoms with Gasteiger partial charge >= 0.3 is 0 Å². The summed E-state index contributed by atoms with van der Waals surface area (Å²) in [6.07, 6.45) is 3.15. The fraction of sp³-hybridized carbons (Fsp3) is 0. The lowest BCUT2D eigenvalue weighted by Gasteiger charge is -1.97. The summed E-state index contributed by atoms with van der Waals surface area (Å²) >= 11 is 11.6. The average molecular weight is 198 g/mol. The summed E-state index contributed by atoms with van der Waals surface area (Å²) in [7, 11) is 0. The first kappa shape index (κ1) is 7.77. The molecule has 0 N–H and O–H groups in total. The third kappa shape index (κ3) is 1.24. The Morgan fingerprint density at radius 1 is 1.17 bits per heavy atom. The van der Waals surface area contributed by atoms with E-state index in [1.165, 1.54) is 0 Å².